The first-order valence-corrected chi connectivity index (χ1v) is 7.01. The first-order valence-electron chi connectivity index (χ1n) is 5.47. The van der Waals surface area contributed by atoms with Crippen LogP contribution in [0.3, 0.4) is 0 Å². The summed E-state index contributed by atoms with van der Waals surface area (Å²) in [6, 6.07) is 6.98. The summed E-state index contributed by atoms with van der Waals surface area (Å²) in [5.41, 5.74) is 0.0380. The Hall–Kier alpha value is -1.10. The molecular formula is C14H8BrCl2FO2. The molecule has 0 heterocycles. The van der Waals surface area contributed by atoms with E-state index in [2.05, 4.69) is 15.9 Å². The van der Waals surface area contributed by atoms with Crippen molar-refractivity contribution in [2.24, 2.45) is 0 Å². The van der Waals surface area contributed by atoms with Crippen LogP contribution in [0.5, 0.6) is 5.75 Å². The van der Waals surface area contributed by atoms with E-state index < -0.39 is 11.6 Å². The third-order valence-electron chi connectivity index (χ3n) is 2.66. The van der Waals surface area contributed by atoms with Crippen molar-refractivity contribution in [1.82, 2.24) is 0 Å². The summed E-state index contributed by atoms with van der Waals surface area (Å²) in [5.74, 6) is -0.901. The summed E-state index contributed by atoms with van der Waals surface area (Å²) >= 11 is 14.9. The minimum Gasteiger partial charge on any atom is -0.496 e. The summed E-state index contributed by atoms with van der Waals surface area (Å²) in [4.78, 5) is 12.4. The molecule has 20 heavy (non-hydrogen) atoms. The van der Waals surface area contributed by atoms with E-state index in [1.165, 1.54) is 19.2 Å². The number of ketones is 1. The maximum atomic E-state index is 13.9. The van der Waals surface area contributed by atoms with Crippen molar-refractivity contribution >= 4 is 44.9 Å². The van der Waals surface area contributed by atoms with E-state index in [1.54, 1.807) is 12.1 Å². The van der Waals surface area contributed by atoms with Crippen LogP contribution < -0.4 is 4.74 Å². The van der Waals surface area contributed by atoms with Crippen LogP contribution in [0.15, 0.2) is 34.8 Å². The van der Waals surface area contributed by atoms with Gasteiger partial charge >= 0.3 is 0 Å². The molecule has 0 aliphatic carbocycles. The fourth-order valence-electron chi connectivity index (χ4n) is 1.70. The molecule has 0 spiro atoms. The number of benzene rings is 2. The lowest BCUT2D eigenvalue weighted by molar-refractivity contribution is 0.103. The summed E-state index contributed by atoms with van der Waals surface area (Å²) in [6.07, 6.45) is 0. The minimum atomic E-state index is -0.673. The molecule has 0 N–H and O–H groups in total. The Morgan fingerprint density at radius 2 is 1.90 bits per heavy atom. The highest BCUT2D eigenvalue weighted by atomic mass is 79.9. The maximum Gasteiger partial charge on any atom is 0.199 e. The van der Waals surface area contributed by atoms with E-state index in [4.69, 9.17) is 27.9 Å². The average Bonchev–Trinajstić information content (AvgIpc) is 2.42. The molecule has 2 aromatic rings. The van der Waals surface area contributed by atoms with Gasteiger partial charge in [0.1, 0.15) is 11.6 Å². The van der Waals surface area contributed by atoms with Gasteiger partial charge in [-0.25, -0.2) is 4.39 Å². The zero-order chi connectivity index (χ0) is 14.9. The first-order chi connectivity index (χ1) is 9.43. The number of halogens is 4. The molecule has 0 aliphatic rings. The van der Waals surface area contributed by atoms with Gasteiger partial charge in [-0.1, -0.05) is 23.2 Å². The molecule has 0 saturated carbocycles. The van der Waals surface area contributed by atoms with Gasteiger partial charge in [-0.05, 0) is 46.3 Å². The fraction of sp³-hybridized carbons (Fsp3) is 0.0714. The van der Waals surface area contributed by atoms with Crippen molar-refractivity contribution in [3.05, 3.63) is 61.8 Å². The Bertz CT molecular complexity index is 689. The number of ether oxygens (including phenoxy) is 1. The van der Waals surface area contributed by atoms with E-state index in [0.717, 1.165) is 6.07 Å². The zero-order valence-corrected chi connectivity index (χ0v) is 13.3. The highest BCUT2D eigenvalue weighted by molar-refractivity contribution is 9.10. The molecule has 0 radical (unpaired) electrons. The fourth-order valence-corrected chi connectivity index (χ4v) is 2.35. The molecule has 0 aliphatic heterocycles. The third-order valence-corrected chi connectivity index (χ3v) is 4.09. The van der Waals surface area contributed by atoms with Gasteiger partial charge in [0, 0.05) is 9.50 Å². The van der Waals surface area contributed by atoms with Gasteiger partial charge in [0.05, 0.1) is 23.3 Å². The van der Waals surface area contributed by atoms with Gasteiger partial charge in [-0.3, -0.25) is 4.79 Å². The number of carbonyl (C=O) groups excluding carboxylic acids is 1. The van der Waals surface area contributed by atoms with Gasteiger partial charge in [0.2, 0.25) is 0 Å². The van der Waals surface area contributed by atoms with Crippen molar-refractivity contribution < 1.29 is 13.9 Å². The minimum absolute atomic E-state index is 0.140. The van der Waals surface area contributed by atoms with Crippen molar-refractivity contribution in [2.75, 3.05) is 7.11 Å². The number of hydrogen-bond acceptors (Lipinski definition) is 2. The van der Waals surface area contributed by atoms with Crippen molar-refractivity contribution in [3.8, 4) is 5.75 Å². The number of hydrogen-bond donors (Lipinski definition) is 0. The Morgan fingerprint density at radius 3 is 2.55 bits per heavy atom. The lowest BCUT2D eigenvalue weighted by Crippen LogP contribution is -2.06. The van der Waals surface area contributed by atoms with Crippen LogP contribution in [0, 0.1) is 5.82 Å². The number of rotatable bonds is 3. The summed E-state index contributed by atoms with van der Waals surface area (Å²) < 4.78 is 19.4. The zero-order valence-electron chi connectivity index (χ0n) is 10.2. The predicted octanol–water partition coefficient (Wildman–Crippen LogP) is 5.13. The van der Waals surface area contributed by atoms with E-state index in [-0.39, 0.29) is 16.1 Å². The largest absolute Gasteiger partial charge is 0.496 e. The monoisotopic (exact) mass is 376 g/mol. The number of carbonyl (C=O) groups is 1. The highest BCUT2D eigenvalue weighted by Gasteiger charge is 2.20. The van der Waals surface area contributed by atoms with Gasteiger partial charge in [-0.2, -0.15) is 0 Å². The van der Waals surface area contributed by atoms with E-state index in [9.17, 15) is 9.18 Å². The van der Waals surface area contributed by atoms with Gasteiger partial charge < -0.3 is 4.74 Å². The van der Waals surface area contributed by atoms with Crippen LogP contribution in [0.1, 0.15) is 15.9 Å². The molecule has 104 valence electrons. The van der Waals surface area contributed by atoms with Crippen LogP contribution in [0.2, 0.25) is 10.0 Å². The topological polar surface area (TPSA) is 26.3 Å². The first kappa shape index (κ1) is 15.3. The normalized spacial score (nSPS) is 10.4. The smallest absolute Gasteiger partial charge is 0.199 e. The van der Waals surface area contributed by atoms with Crippen molar-refractivity contribution in [2.45, 2.75) is 0 Å². The third kappa shape index (κ3) is 2.97. The molecule has 0 unspecified atom stereocenters. The lowest BCUT2D eigenvalue weighted by atomic mass is 10.0. The van der Waals surface area contributed by atoms with E-state index in [1.807, 2.05) is 0 Å². The highest BCUT2D eigenvalue weighted by Crippen LogP contribution is 2.30. The standard InChI is InChI=1S/C14H8BrCl2FO2/c1-20-13-3-2-7(16)4-9(13)14(19)8-5-11(17)10(15)6-12(8)18/h2-6H,1H3. The van der Waals surface area contributed by atoms with Gasteiger partial charge in [0.15, 0.2) is 5.78 Å². The molecule has 2 nitrogen and oxygen atoms in total. The average molecular weight is 378 g/mol. The quantitative estimate of drug-likeness (QED) is 0.547. The number of methoxy groups -OCH3 is 1. The Labute approximate surface area is 133 Å². The molecule has 6 heteroatoms. The molecule has 0 bridgehead atoms. The molecule has 0 aromatic heterocycles. The van der Waals surface area contributed by atoms with Crippen molar-refractivity contribution in [1.29, 1.82) is 0 Å². The second kappa shape index (κ2) is 6.12. The molecule has 0 fully saturated rings. The van der Waals surface area contributed by atoms with Gasteiger partial charge in [-0.15, -0.1) is 0 Å². The Kier molecular flexibility index (Phi) is 4.68. The van der Waals surface area contributed by atoms with Crippen LogP contribution in [0.25, 0.3) is 0 Å². The molecule has 0 amide bonds. The van der Waals surface area contributed by atoms with E-state index >= 15 is 0 Å². The Balaban J connectivity index is 2.57. The molecule has 0 atom stereocenters. The molecule has 0 saturated heterocycles. The SMILES string of the molecule is COc1ccc(Cl)cc1C(=O)c1cc(Cl)c(Br)cc1F. The molecule has 2 rings (SSSR count). The van der Waals surface area contributed by atoms with Crippen molar-refractivity contribution in [3.63, 3.8) is 0 Å². The molecule has 2 aromatic carbocycles. The van der Waals surface area contributed by atoms with Gasteiger partial charge in [0.25, 0.3) is 0 Å². The lowest BCUT2D eigenvalue weighted by Gasteiger charge is -2.09. The Morgan fingerprint density at radius 1 is 1.20 bits per heavy atom. The molecular weight excluding hydrogens is 370 g/mol. The second-order valence-electron chi connectivity index (χ2n) is 3.92. The summed E-state index contributed by atoms with van der Waals surface area (Å²) in [5, 5.41) is 0.605. The van der Waals surface area contributed by atoms with Crippen LogP contribution in [-0.2, 0) is 0 Å². The van der Waals surface area contributed by atoms with Crippen LogP contribution >= 0.6 is 39.1 Å². The summed E-state index contributed by atoms with van der Waals surface area (Å²) in [6.45, 7) is 0. The van der Waals surface area contributed by atoms with Crippen LogP contribution in [-0.4, -0.2) is 12.9 Å². The van der Waals surface area contributed by atoms with Crippen LogP contribution in [0.4, 0.5) is 4.39 Å². The maximum absolute atomic E-state index is 13.9. The predicted molar refractivity (Wildman–Crippen MR) is 80.5 cm³/mol. The second-order valence-corrected chi connectivity index (χ2v) is 5.62. The van der Waals surface area contributed by atoms with E-state index in [0.29, 0.717) is 15.2 Å². The summed E-state index contributed by atoms with van der Waals surface area (Å²) in [7, 11) is 1.42.